The lowest BCUT2D eigenvalue weighted by Gasteiger charge is -2.15. The number of rotatable bonds is 6. The van der Waals surface area contributed by atoms with Crippen molar-refractivity contribution >= 4 is 15.7 Å². The van der Waals surface area contributed by atoms with Crippen LogP contribution in [-0.4, -0.2) is 13.3 Å². The maximum absolute atomic E-state index is 12.5. The summed E-state index contributed by atoms with van der Waals surface area (Å²) in [4.78, 5) is 10.1. The summed E-state index contributed by atoms with van der Waals surface area (Å²) in [6.07, 6.45) is 0. The number of non-ortho nitro benzene ring substituents is 1. The molecule has 0 radical (unpaired) electrons. The molecule has 138 valence electrons. The maximum Gasteiger partial charge on any atom is 0.269 e. The maximum atomic E-state index is 12.5. The zero-order chi connectivity index (χ0) is 19.4. The molecule has 7 heteroatoms. The van der Waals surface area contributed by atoms with Gasteiger partial charge in [0.2, 0.25) is 10.0 Å². The van der Waals surface area contributed by atoms with E-state index in [-0.39, 0.29) is 10.6 Å². The standard InChI is InChI=1S/C20H18N2O4S/c1-15(16-7-9-18(10-8-16)17-5-3-2-4-6-17)21-27(25,26)20-13-11-19(12-14-20)22(23)24/h2-15,21H,1H3/t15-/m0/s1. The minimum atomic E-state index is -3.79. The first-order valence-corrected chi connectivity index (χ1v) is 9.77. The molecule has 0 spiro atoms. The van der Waals surface area contributed by atoms with E-state index in [1.807, 2.05) is 54.6 Å². The van der Waals surface area contributed by atoms with Crippen molar-refractivity contribution in [1.29, 1.82) is 0 Å². The highest BCUT2D eigenvalue weighted by Gasteiger charge is 2.19. The number of nitro groups is 1. The molecule has 3 aromatic rings. The largest absolute Gasteiger partial charge is 0.269 e. The first-order chi connectivity index (χ1) is 12.9. The lowest BCUT2D eigenvalue weighted by molar-refractivity contribution is -0.384. The molecule has 0 saturated heterocycles. The van der Waals surface area contributed by atoms with Gasteiger partial charge >= 0.3 is 0 Å². The molecular weight excluding hydrogens is 364 g/mol. The van der Waals surface area contributed by atoms with Gasteiger partial charge in [-0.05, 0) is 35.7 Å². The van der Waals surface area contributed by atoms with E-state index in [4.69, 9.17) is 0 Å². The minimum Gasteiger partial charge on any atom is -0.258 e. The molecule has 0 heterocycles. The zero-order valence-electron chi connectivity index (χ0n) is 14.6. The number of benzene rings is 3. The fourth-order valence-corrected chi connectivity index (χ4v) is 3.94. The summed E-state index contributed by atoms with van der Waals surface area (Å²) in [6.45, 7) is 1.75. The van der Waals surface area contributed by atoms with Gasteiger partial charge in [-0.1, -0.05) is 54.6 Å². The molecule has 3 aromatic carbocycles. The molecule has 6 nitrogen and oxygen atoms in total. The molecule has 0 fully saturated rings. The van der Waals surface area contributed by atoms with Gasteiger partial charge in [-0.25, -0.2) is 13.1 Å². The van der Waals surface area contributed by atoms with Crippen molar-refractivity contribution in [3.63, 3.8) is 0 Å². The van der Waals surface area contributed by atoms with Crippen LogP contribution in [0.15, 0.2) is 83.8 Å². The van der Waals surface area contributed by atoms with Gasteiger partial charge in [0.05, 0.1) is 9.82 Å². The van der Waals surface area contributed by atoms with Crippen molar-refractivity contribution in [2.75, 3.05) is 0 Å². The van der Waals surface area contributed by atoms with E-state index >= 15 is 0 Å². The predicted molar refractivity (Wildman–Crippen MR) is 104 cm³/mol. The first kappa shape index (κ1) is 18.8. The lowest BCUT2D eigenvalue weighted by Crippen LogP contribution is -2.26. The highest BCUT2D eigenvalue weighted by atomic mass is 32.2. The third-order valence-corrected chi connectivity index (χ3v) is 5.76. The smallest absolute Gasteiger partial charge is 0.258 e. The van der Waals surface area contributed by atoms with Crippen LogP contribution in [-0.2, 0) is 10.0 Å². The van der Waals surface area contributed by atoms with E-state index < -0.39 is 21.0 Å². The van der Waals surface area contributed by atoms with Gasteiger partial charge in [-0.2, -0.15) is 0 Å². The van der Waals surface area contributed by atoms with Crippen molar-refractivity contribution in [2.24, 2.45) is 0 Å². The summed E-state index contributed by atoms with van der Waals surface area (Å²) in [7, 11) is -3.79. The van der Waals surface area contributed by atoms with Gasteiger partial charge in [0.1, 0.15) is 0 Å². The molecule has 0 saturated carbocycles. The molecule has 0 aromatic heterocycles. The van der Waals surface area contributed by atoms with Crippen molar-refractivity contribution in [1.82, 2.24) is 4.72 Å². The van der Waals surface area contributed by atoms with Gasteiger partial charge in [0, 0.05) is 18.2 Å². The fourth-order valence-electron chi connectivity index (χ4n) is 2.71. The van der Waals surface area contributed by atoms with Crippen molar-refractivity contribution < 1.29 is 13.3 Å². The Balaban J connectivity index is 1.75. The Morgan fingerprint density at radius 1 is 0.852 bits per heavy atom. The fraction of sp³-hybridized carbons (Fsp3) is 0.100. The molecule has 0 aliphatic rings. The second kappa shape index (κ2) is 7.69. The van der Waals surface area contributed by atoms with E-state index in [2.05, 4.69) is 4.72 Å². The topological polar surface area (TPSA) is 89.3 Å². The average molecular weight is 382 g/mol. The Bertz CT molecular complexity index is 1030. The highest BCUT2D eigenvalue weighted by Crippen LogP contribution is 2.23. The first-order valence-electron chi connectivity index (χ1n) is 8.29. The number of hydrogen-bond acceptors (Lipinski definition) is 4. The highest BCUT2D eigenvalue weighted by molar-refractivity contribution is 7.89. The Morgan fingerprint density at radius 2 is 1.41 bits per heavy atom. The van der Waals surface area contributed by atoms with Crippen LogP contribution in [0.25, 0.3) is 11.1 Å². The van der Waals surface area contributed by atoms with Crippen LogP contribution in [0.2, 0.25) is 0 Å². The Hall–Kier alpha value is -3.03. The van der Waals surface area contributed by atoms with Gasteiger partial charge < -0.3 is 0 Å². The Morgan fingerprint density at radius 3 is 1.96 bits per heavy atom. The molecule has 0 amide bonds. The van der Waals surface area contributed by atoms with Crippen molar-refractivity contribution in [3.05, 3.63) is 94.5 Å². The Kier molecular flexibility index (Phi) is 5.34. The third-order valence-electron chi connectivity index (χ3n) is 4.21. The Labute approximate surface area is 157 Å². The van der Waals surface area contributed by atoms with Crippen LogP contribution >= 0.6 is 0 Å². The third kappa shape index (κ3) is 4.39. The number of nitrogens with one attached hydrogen (secondary N) is 1. The SMILES string of the molecule is C[C@H](NS(=O)(=O)c1ccc([N+](=O)[O-])cc1)c1ccc(-c2ccccc2)cc1. The zero-order valence-corrected chi connectivity index (χ0v) is 15.4. The summed E-state index contributed by atoms with van der Waals surface area (Å²) in [5.41, 5.74) is 2.80. The number of nitro benzene ring substituents is 1. The van der Waals surface area contributed by atoms with Crippen LogP contribution in [0, 0.1) is 10.1 Å². The molecule has 1 atom stereocenters. The van der Waals surface area contributed by atoms with Crippen LogP contribution in [0.1, 0.15) is 18.5 Å². The average Bonchev–Trinajstić information content (AvgIpc) is 2.68. The number of hydrogen-bond donors (Lipinski definition) is 1. The van der Waals surface area contributed by atoms with Crippen molar-refractivity contribution in [3.8, 4) is 11.1 Å². The molecule has 0 aliphatic carbocycles. The van der Waals surface area contributed by atoms with Gasteiger partial charge in [-0.3, -0.25) is 10.1 Å². The number of sulfonamides is 1. The molecule has 1 N–H and O–H groups in total. The summed E-state index contributed by atoms with van der Waals surface area (Å²) < 4.78 is 27.6. The second-order valence-electron chi connectivity index (χ2n) is 6.08. The number of nitrogens with zero attached hydrogens (tertiary/aromatic N) is 1. The van der Waals surface area contributed by atoms with Crippen molar-refractivity contribution in [2.45, 2.75) is 17.9 Å². The predicted octanol–water partition coefficient (Wildman–Crippen LogP) is 4.30. The monoisotopic (exact) mass is 382 g/mol. The van der Waals surface area contributed by atoms with E-state index in [1.54, 1.807) is 6.92 Å². The van der Waals surface area contributed by atoms with Gasteiger partial charge in [-0.15, -0.1) is 0 Å². The molecule has 0 unspecified atom stereocenters. The van der Waals surface area contributed by atoms with Gasteiger partial charge in [0.15, 0.2) is 0 Å². The molecular formula is C20H18N2O4S. The summed E-state index contributed by atoms with van der Waals surface area (Å²) in [5.74, 6) is 0. The quantitative estimate of drug-likeness (QED) is 0.508. The van der Waals surface area contributed by atoms with Crippen LogP contribution in [0.3, 0.4) is 0 Å². The summed E-state index contributed by atoms with van der Waals surface area (Å²) in [5, 5.41) is 10.7. The molecule has 0 aliphatic heterocycles. The van der Waals surface area contributed by atoms with E-state index in [0.29, 0.717) is 0 Å². The van der Waals surface area contributed by atoms with Crippen LogP contribution < -0.4 is 4.72 Å². The van der Waals surface area contributed by atoms with E-state index in [1.165, 1.54) is 24.3 Å². The van der Waals surface area contributed by atoms with Gasteiger partial charge in [0.25, 0.3) is 5.69 Å². The molecule has 27 heavy (non-hydrogen) atoms. The van der Waals surface area contributed by atoms with E-state index in [9.17, 15) is 18.5 Å². The summed E-state index contributed by atoms with van der Waals surface area (Å²) in [6, 6.07) is 21.9. The summed E-state index contributed by atoms with van der Waals surface area (Å²) >= 11 is 0. The van der Waals surface area contributed by atoms with E-state index in [0.717, 1.165) is 16.7 Å². The van der Waals surface area contributed by atoms with Crippen LogP contribution in [0.4, 0.5) is 5.69 Å². The minimum absolute atomic E-state index is 0.0131. The normalized spacial score (nSPS) is 12.5. The lowest BCUT2D eigenvalue weighted by atomic mass is 10.0. The molecule has 3 rings (SSSR count). The van der Waals surface area contributed by atoms with Crippen LogP contribution in [0.5, 0.6) is 0 Å². The molecule has 0 bridgehead atoms. The second-order valence-corrected chi connectivity index (χ2v) is 7.80.